The Kier molecular flexibility index (Phi) is 5.33. The molecule has 0 atom stereocenters. The van der Waals surface area contributed by atoms with Gasteiger partial charge in [-0.25, -0.2) is 4.39 Å². The van der Waals surface area contributed by atoms with Crippen molar-refractivity contribution < 1.29 is 4.39 Å². The summed E-state index contributed by atoms with van der Waals surface area (Å²) in [5.41, 5.74) is 6.49. The summed E-state index contributed by atoms with van der Waals surface area (Å²) in [6.45, 7) is 7.78. The summed E-state index contributed by atoms with van der Waals surface area (Å²) < 4.78 is 14.6. The predicted molar refractivity (Wildman–Crippen MR) is 109 cm³/mol. The summed E-state index contributed by atoms with van der Waals surface area (Å²) in [4.78, 5) is 2.27. The Morgan fingerprint density at radius 3 is 2.73 bits per heavy atom. The maximum absolute atomic E-state index is 14.6. The molecule has 2 aromatic carbocycles. The number of halogens is 1. The molecule has 0 saturated carbocycles. The molecule has 26 heavy (non-hydrogen) atoms. The molecule has 0 amide bonds. The second-order valence-electron chi connectivity index (χ2n) is 6.68. The number of nitrogens with two attached hydrogens (primary N) is 1. The number of hydrogen-bond acceptors (Lipinski definition) is 3. The minimum Gasteiger partial charge on any atom is -0.323 e. The zero-order valence-corrected chi connectivity index (χ0v) is 15.3. The highest BCUT2D eigenvalue weighted by Gasteiger charge is 2.17. The summed E-state index contributed by atoms with van der Waals surface area (Å²) >= 11 is 0. The molecule has 3 rings (SSSR count). The van der Waals surface area contributed by atoms with E-state index < -0.39 is 0 Å². The molecule has 1 heterocycles. The van der Waals surface area contributed by atoms with Crippen LogP contribution in [0.1, 0.15) is 28.7 Å². The highest BCUT2D eigenvalue weighted by Crippen LogP contribution is 2.34. The van der Waals surface area contributed by atoms with Crippen LogP contribution >= 0.6 is 0 Å². The Hall–Kier alpha value is -2.72. The van der Waals surface area contributed by atoms with Gasteiger partial charge in [0.15, 0.2) is 0 Å². The lowest BCUT2D eigenvalue weighted by Gasteiger charge is -2.24. The quantitative estimate of drug-likeness (QED) is 0.503. The molecule has 134 valence electrons. The SMILES string of the molecule is C=Cc1c(/C=N\N)cc(-c2c(C)cccc2F)cc1C1=CCN(C)CC1. The number of hydrogen-bond donors (Lipinski definition) is 1. The largest absolute Gasteiger partial charge is 0.323 e. The van der Waals surface area contributed by atoms with Gasteiger partial charge in [0.25, 0.3) is 0 Å². The molecular weight excluding hydrogens is 325 g/mol. The highest BCUT2D eigenvalue weighted by atomic mass is 19.1. The highest BCUT2D eigenvalue weighted by molar-refractivity contribution is 5.93. The van der Waals surface area contributed by atoms with E-state index in [0.717, 1.165) is 47.3 Å². The molecule has 0 radical (unpaired) electrons. The van der Waals surface area contributed by atoms with Crippen molar-refractivity contribution in [2.75, 3.05) is 20.1 Å². The molecule has 0 unspecified atom stereocenters. The molecule has 0 aromatic heterocycles. The van der Waals surface area contributed by atoms with Crippen LogP contribution in [-0.4, -0.2) is 31.3 Å². The van der Waals surface area contributed by atoms with Gasteiger partial charge in [0.2, 0.25) is 0 Å². The summed E-state index contributed by atoms with van der Waals surface area (Å²) in [5, 5.41) is 3.70. The monoisotopic (exact) mass is 349 g/mol. The second-order valence-corrected chi connectivity index (χ2v) is 6.68. The molecule has 4 heteroatoms. The summed E-state index contributed by atoms with van der Waals surface area (Å²) in [6.07, 6.45) is 6.60. The number of hydrazone groups is 1. The molecule has 0 aliphatic carbocycles. The van der Waals surface area contributed by atoms with E-state index in [0.29, 0.717) is 5.56 Å². The molecule has 2 aromatic rings. The van der Waals surface area contributed by atoms with Crippen LogP contribution in [0.25, 0.3) is 22.8 Å². The lowest BCUT2D eigenvalue weighted by Crippen LogP contribution is -2.23. The number of rotatable bonds is 4. The first kappa shape index (κ1) is 18.1. The third kappa shape index (κ3) is 3.46. The fourth-order valence-corrected chi connectivity index (χ4v) is 3.51. The van der Waals surface area contributed by atoms with E-state index in [9.17, 15) is 4.39 Å². The summed E-state index contributed by atoms with van der Waals surface area (Å²) in [5.74, 6) is 5.19. The number of benzene rings is 2. The van der Waals surface area contributed by atoms with E-state index in [-0.39, 0.29) is 5.82 Å². The van der Waals surface area contributed by atoms with Crippen molar-refractivity contribution in [1.82, 2.24) is 4.90 Å². The predicted octanol–water partition coefficient (Wildman–Crippen LogP) is 4.46. The zero-order valence-electron chi connectivity index (χ0n) is 15.3. The first-order chi connectivity index (χ1) is 12.5. The van der Waals surface area contributed by atoms with Crippen molar-refractivity contribution in [2.45, 2.75) is 13.3 Å². The van der Waals surface area contributed by atoms with Crippen LogP contribution in [0.3, 0.4) is 0 Å². The van der Waals surface area contributed by atoms with Crippen molar-refractivity contribution >= 4 is 17.9 Å². The van der Waals surface area contributed by atoms with Gasteiger partial charge < -0.3 is 10.7 Å². The number of likely N-dealkylation sites (N-methyl/N-ethyl adjacent to an activating group) is 1. The third-order valence-corrected chi connectivity index (χ3v) is 4.90. The standard InChI is InChI=1S/C22H24FN3/c1-4-19-18(14-25-24)12-17(22-15(2)6-5-7-21(22)23)13-20(19)16-8-10-26(3)11-9-16/h4-8,12-14H,1,9-11,24H2,2-3H3/b25-14-. The van der Waals surface area contributed by atoms with Crippen LogP contribution < -0.4 is 5.84 Å². The molecule has 3 nitrogen and oxygen atoms in total. The average molecular weight is 349 g/mol. The van der Waals surface area contributed by atoms with Crippen LogP contribution in [0, 0.1) is 12.7 Å². The van der Waals surface area contributed by atoms with E-state index in [4.69, 9.17) is 5.84 Å². The van der Waals surface area contributed by atoms with Crippen molar-refractivity contribution in [3.05, 3.63) is 71.1 Å². The topological polar surface area (TPSA) is 41.6 Å². The molecule has 0 fully saturated rings. The first-order valence-electron chi connectivity index (χ1n) is 8.72. The van der Waals surface area contributed by atoms with E-state index in [1.807, 2.05) is 25.1 Å². The Balaban J connectivity index is 2.26. The van der Waals surface area contributed by atoms with Crippen LogP contribution in [0.15, 0.2) is 48.1 Å². The molecule has 0 saturated heterocycles. The Bertz CT molecular complexity index is 876. The zero-order chi connectivity index (χ0) is 18.7. The minimum atomic E-state index is -0.227. The maximum Gasteiger partial charge on any atom is 0.131 e. The normalized spacial score (nSPS) is 15.3. The molecule has 2 N–H and O–H groups in total. The maximum atomic E-state index is 14.6. The fourth-order valence-electron chi connectivity index (χ4n) is 3.51. The molecule has 1 aliphatic rings. The van der Waals surface area contributed by atoms with E-state index >= 15 is 0 Å². The lowest BCUT2D eigenvalue weighted by atomic mass is 9.87. The summed E-state index contributed by atoms with van der Waals surface area (Å²) in [7, 11) is 2.10. The van der Waals surface area contributed by atoms with Gasteiger partial charge >= 0.3 is 0 Å². The van der Waals surface area contributed by atoms with E-state index in [1.165, 1.54) is 11.6 Å². The molecule has 0 bridgehead atoms. The van der Waals surface area contributed by atoms with Gasteiger partial charge in [-0.1, -0.05) is 30.9 Å². The second kappa shape index (κ2) is 7.67. The van der Waals surface area contributed by atoms with Gasteiger partial charge in [0.1, 0.15) is 5.82 Å². The Morgan fingerprint density at radius 2 is 2.12 bits per heavy atom. The Morgan fingerprint density at radius 1 is 1.31 bits per heavy atom. The van der Waals surface area contributed by atoms with E-state index in [2.05, 4.69) is 35.8 Å². The Labute approximate surface area is 154 Å². The third-order valence-electron chi connectivity index (χ3n) is 4.90. The van der Waals surface area contributed by atoms with Crippen LogP contribution in [0.4, 0.5) is 4.39 Å². The fraction of sp³-hybridized carbons (Fsp3) is 0.227. The van der Waals surface area contributed by atoms with E-state index in [1.54, 1.807) is 12.3 Å². The number of aryl methyl sites for hydroxylation is 1. The van der Waals surface area contributed by atoms with Gasteiger partial charge in [-0.05, 0) is 66.4 Å². The van der Waals surface area contributed by atoms with Crippen LogP contribution in [0.5, 0.6) is 0 Å². The van der Waals surface area contributed by atoms with Crippen LogP contribution in [-0.2, 0) is 0 Å². The minimum absolute atomic E-state index is 0.227. The number of nitrogens with zero attached hydrogens (tertiary/aromatic N) is 2. The van der Waals surface area contributed by atoms with Crippen molar-refractivity contribution in [3.8, 4) is 11.1 Å². The molecule has 0 spiro atoms. The molecule has 1 aliphatic heterocycles. The average Bonchev–Trinajstić information content (AvgIpc) is 2.62. The van der Waals surface area contributed by atoms with Crippen molar-refractivity contribution in [2.24, 2.45) is 10.9 Å². The smallest absolute Gasteiger partial charge is 0.131 e. The van der Waals surface area contributed by atoms with Gasteiger partial charge in [-0.3, -0.25) is 0 Å². The van der Waals surface area contributed by atoms with Gasteiger partial charge in [0, 0.05) is 24.2 Å². The van der Waals surface area contributed by atoms with Crippen LogP contribution in [0.2, 0.25) is 0 Å². The lowest BCUT2D eigenvalue weighted by molar-refractivity contribution is 0.370. The molecular formula is C22H24FN3. The first-order valence-corrected chi connectivity index (χ1v) is 8.72. The van der Waals surface area contributed by atoms with Gasteiger partial charge in [-0.2, -0.15) is 5.10 Å². The van der Waals surface area contributed by atoms with Crippen molar-refractivity contribution in [1.29, 1.82) is 0 Å². The summed E-state index contributed by atoms with van der Waals surface area (Å²) in [6, 6.07) is 9.14. The van der Waals surface area contributed by atoms with Crippen molar-refractivity contribution in [3.63, 3.8) is 0 Å². The van der Waals surface area contributed by atoms with Gasteiger partial charge in [0.05, 0.1) is 6.21 Å². The van der Waals surface area contributed by atoms with Gasteiger partial charge in [-0.15, -0.1) is 0 Å².